The highest BCUT2D eigenvalue weighted by atomic mass is 16.6. The van der Waals surface area contributed by atoms with E-state index in [1.807, 2.05) is 13.8 Å². The first kappa shape index (κ1) is 11.2. The summed E-state index contributed by atoms with van der Waals surface area (Å²) < 4.78 is 5.32. The van der Waals surface area contributed by atoms with Crippen LogP contribution >= 0.6 is 0 Å². The van der Waals surface area contributed by atoms with Crippen LogP contribution in [0.25, 0.3) is 0 Å². The van der Waals surface area contributed by atoms with E-state index in [4.69, 9.17) is 4.74 Å². The van der Waals surface area contributed by atoms with Crippen LogP contribution in [0.1, 0.15) is 19.4 Å². The molecule has 0 fully saturated rings. The minimum atomic E-state index is -0.474. The molecule has 0 aromatic heterocycles. The first-order valence-corrected chi connectivity index (χ1v) is 4.52. The summed E-state index contributed by atoms with van der Waals surface area (Å²) in [4.78, 5) is 10.3. The zero-order valence-electron chi connectivity index (χ0n) is 8.69. The fourth-order valence-corrected chi connectivity index (χ4v) is 1.12. The number of hydrogen-bond acceptors (Lipinski definition) is 3. The second kappa shape index (κ2) is 4.59. The van der Waals surface area contributed by atoms with E-state index < -0.39 is 4.92 Å². The highest BCUT2D eigenvalue weighted by Crippen LogP contribution is 2.28. The molecule has 0 bridgehead atoms. The first-order valence-electron chi connectivity index (χ1n) is 4.52. The van der Waals surface area contributed by atoms with Gasteiger partial charge in [-0.2, -0.15) is 0 Å². The van der Waals surface area contributed by atoms with Crippen LogP contribution in [0.4, 0.5) is 5.69 Å². The van der Waals surface area contributed by atoms with E-state index in [0.717, 1.165) is 0 Å². The van der Waals surface area contributed by atoms with Gasteiger partial charge in [0.1, 0.15) is 0 Å². The van der Waals surface area contributed by atoms with Crippen molar-refractivity contribution in [3.05, 3.63) is 46.5 Å². The van der Waals surface area contributed by atoms with Gasteiger partial charge in [-0.25, -0.2) is 0 Å². The smallest absolute Gasteiger partial charge is 0.311 e. The molecule has 0 saturated heterocycles. The number of hydrogen-bond donors (Lipinski definition) is 0. The standard InChI is InChI=1S/C11H12NO3/c1-4-9-5-6-11(15-8(2)3)10(7-9)12(13)14/h5-8H,1H2,2-3H3. The lowest BCUT2D eigenvalue weighted by Gasteiger charge is -2.09. The van der Waals surface area contributed by atoms with Crippen molar-refractivity contribution < 1.29 is 9.66 Å². The molecule has 0 saturated carbocycles. The van der Waals surface area contributed by atoms with Crippen molar-refractivity contribution in [2.45, 2.75) is 20.0 Å². The van der Waals surface area contributed by atoms with Gasteiger partial charge < -0.3 is 4.74 Å². The fourth-order valence-electron chi connectivity index (χ4n) is 1.12. The second-order valence-corrected chi connectivity index (χ2v) is 3.28. The molecule has 0 N–H and O–H groups in total. The lowest BCUT2D eigenvalue weighted by atomic mass is 10.2. The molecule has 0 aliphatic rings. The molecule has 1 radical (unpaired) electrons. The molecule has 15 heavy (non-hydrogen) atoms. The zero-order chi connectivity index (χ0) is 11.4. The van der Waals surface area contributed by atoms with Gasteiger partial charge >= 0.3 is 5.69 Å². The molecule has 0 heterocycles. The van der Waals surface area contributed by atoms with E-state index in [2.05, 4.69) is 12.7 Å². The van der Waals surface area contributed by atoms with Gasteiger partial charge in [-0.1, -0.05) is 12.6 Å². The van der Waals surface area contributed by atoms with Crippen molar-refractivity contribution in [2.24, 2.45) is 0 Å². The van der Waals surface area contributed by atoms with Crippen molar-refractivity contribution >= 4 is 5.69 Å². The summed E-state index contributed by atoms with van der Waals surface area (Å²) in [7, 11) is 0. The minimum absolute atomic E-state index is 0.0580. The molecule has 0 aliphatic heterocycles. The first-order chi connectivity index (χ1) is 7.04. The predicted molar refractivity (Wildman–Crippen MR) is 56.8 cm³/mol. The normalized spacial score (nSPS) is 10.1. The molecular formula is C11H12NO3. The third kappa shape index (κ3) is 2.80. The molecular weight excluding hydrogens is 194 g/mol. The maximum Gasteiger partial charge on any atom is 0.311 e. The lowest BCUT2D eigenvalue weighted by Crippen LogP contribution is -2.07. The molecule has 0 amide bonds. The maximum atomic E-state index is 10.7. The van der Waals surface area contributed by atoms with Crippen LogP contribution in [0, 0.1) is 16.2 Å². The number of benzene rings is 1. The average molecular weight is 206 g/mol. The van der Waals surface area contributed by atoms with E-state index in [9.17, 15) is 10.1 Å². The van der Waals surface area contributed by atoms with Crippen molar-refractivity contribution in [2.75, 3.05) is 0 Å². The van der Waals surface area contributed by atoms with E-state index in [0.29, 0.717) is 5.56 Å². The van der Waals surface area contributed by atoms with E-state index in [-0.39, 0.29) is 17.5 Å². The fraction of sp³-hybridized carbons (Fsp3) is 0.273. The van der Waals surface area contributed by atoms with Gasteiger partial charge in [-0.3, -0.25) is 10.1 Å². The quantitative estimate of drug-likeness (QED) is 0.562. The molecule has 0 spiro atoms. The number of rotatable bonds is 4. The summed E-state index contributed by atoms with van der Waals surface area (Å²) >= 11 is 0. The predicted octanol–water partition coefficient (Wildman–Crippen LogP) is 2.72. The molecule has 0 aliphatic carbocycles. The number of nitrogens with zero attached hydrogens (tertiary/aromatic N) is 1. The van der Waals surface area contributed by atoms with Crippen LogP contribution < -0.4 is 4.74 Å². The number of ether oxygens (including phenoxy) is 1. The molecule has 0 unspecified atom stereocenters. The topological polar surface area (TPSA) is 52.4 Å². The molecule has 4 nitrogen and oxygen atoms in total. The molecule has 4 heteroatoms. The summed E-state index contributed by atoms with van der Waals surface area (Å²) in [5.41, 5.74) is 0.523. The lowest BCUT2D eigenvalue weighted by molar-refractivity contribution is -0.386. The summed E-state index contributed by atoms with van der Waals surface area (Å²) in [6.07, 6.45) is 2.50. The van der Waals surface area contributed by atoms with Gasteiger partial charge in [0, 0.05) is 6.07 Å². The van der Waals surface area contributed by atoms with E-state index in [1.54, 1.807) is 12.1 Å². The number of nitro benzene ring substituents is 1. The Morgan fingerprint density at radius 3 is 2.67 bits per heavy atom. The highest BCUT2D eigenvalue weighted by Gasteiger charge is 2.16. The summed E-state index contributed by atoms with van der Waals surface area (Å²) in [6, 6.07) is 4.63. The zero-order valence-corrected chi connectivity index (χ0v) is 8.69. The Morgan fingerprint density at radius 1 is 1.53 bits per heavy atom. The maximum absolute atomic E-state index is 10.7. The third-order valence-corrected chi connectivity index (χ3v) is 1.72. The summed E-state index contributed by atoms with van der Waals surface area (Å²) in [6.45, 7) is 7.07. The second-order valence-electron chi connectivity index (χ2n) is 3.28. The SMILES string of the molecule is C=[C]c1ccc(OC(C)C)c([N+](=O)[O-])c1. The monoisotopic (exact) mass is 206 g/mol. The van der Waals surface area contributed by atoms with E-state index >= 15 is 0 Å². The Bertz CT molecular complexity index is 385. The van der Waals surface area contributed by atoms with Crippen LogP contribution in [0.2, 0.25) is 0 Å². The van der Waals surface area contributed by atoms with Gasteiger partial charge in [-0.05, 0) is 31.6 Å². The summed E-state index contributed by atoms with van der Waals surface area (Å²) in [5, 5.41) is 10.7. The Hall–Kier alpha value is -1.84. The molecule has 1 aromatic rings. The largest absolute Gasteiger partial charge is 0.484 e. The summed E-state index contributed by atoms with van der Waals surface area (Å²) in [5.74, 6) is 0.272. The Kier molecular flexibility index (Phi) is 3.44. The average Bonchev–Trinajstić information content (AvgIpc) is 2.17. The van der Waals surface area contributed by atoms with Gasteiger partial charge in [0.05, 0.1) is 11.0 Å². The van der Waals surface area contributed by atoms with Crippen LogP contribution in [0.3, 0.4) is 0 Å². The van der Waals surface area contributed by atoms with Crippen molar-refractivity contribution in [1.29, 1.82) is 0 Å². The van der Waals surface area contributed by atoms with Crippen molar-refractivity contribution in [3.63, 3.8) is 0 Å². The Labute approximate surface area is 88.3 Å². The van der Waals surface area contributed by atoms with Gasteiger partial charge in [0.25, 0.3) is 0 Å². The van der Waals surface area contributed by atoms with Crippen LogP contribution in [-0.2, 0) is 0 Å². The highest BCUT2D eigenvalue weighted by molar-refractivity contribution is 5.49. The number of nitro groups is 1. The third-order valence-electron chi connectivity index (χ3n) is 1.72. The Balaban J connectivity index is 3.14. The molecule has 0 atom stereocenters. The molecule has 1 aromatic carbocycles. The van der Waals surface area contributed by atoms with Crippen molar-refractivity contribution in [3.8, 4) is 5.75 Å². The van der Waals surface area contributed by atoms with Gasteiger partial charge in [0.15, 0.2) is 5.75 Å². The van der Waals surface area contributed by atoms with Crippen LogP contribution in [0.5, 0.6) is 5.75 Å². The van der Waals surface area contributed by atoms with Gasteiger partial charge in [0.2, 0.25) is 0 Å². The van der Waals surface area contributed by atoms with E-state index in [1.165, 1.54) is 6.07 Å². The van der Waals surface area contributed by atoms with Gasteiger partial charge in [-0.15, -0.1) is 0 Å². The van der Waals surface area contributed by atoms with Crippen molar-refractivity contribution in [1.82, 2.24) is 0 Å². The minimum Gasteiger partial charge on any atom is -0.484 e. The van der Waals surface area contributed by atoms with Crippen LogP contribution in [0.15, 0.2) is 24.8 Å². The molecule has 1 rings (SSSR count). The molecule has 79 valence electrons. The Morgan fingerprint density at radius 2 is 2.20 bits per heavy atom. The van der Waals surface area contributed by atoms with Crippen LogP contribution in [-0.4, -0.2) is 11.0 Å².